The van der Waals surface area contributed by atoms with Gasteiger partial charge in [-0.05, 0) is 18.2 Å². The van der Waals surface area contributed by atoms with Crippen LogP contribution in [0, 0.1) is 0 Å². The van der Waals surface area contributed by atoms with Crippen molar-refractivity contribution >= 4 is 11.2 Å². The first kappa shape index (κ1) is 13.3. The number of hydrogen-bond donors (Lipinski definition) is 1. The molecule has 0 spiro atoms. The van der Waals surface area contributed by atoms with Crippen LogP contribution >= 0.6 is 0 Å². The molecule has 0 atom stereocenters. The molecule has 1 N–H and O–H groups in total. The van der Waals surface area contributed by atoms with Crippen molar-refractivity contribution in [3.63, 3.8) is 0 Å². The fraction of sp³-hybridized carbons (Fsp3) is 0.154. The summed E-state index contributed by atoms with van der Waals surface area (Å²) in [5.74, 6) is 0.376. The highest BCUT2D eigenvalue weighted by Gasteiger charge is 2.31. The quantitative estimate of drug-likeness (QED) is 0.789. The number of alkyl halides is 3. The van der Waals surface area contributed by atoms with Gasteiger partial charge in [-0.1, -0.05) is 0 Å². The lowest BCUT2D eigenvalue weighted by Gasteiger charge is -2.10. The molecule has 0 saturated carbocycles. The van der Waals surface area contributed by atoms with Crippen LogP contribution in [-0.4, -0.2) is 27.0 Å². The molecule has 8 heteroatoms. The van der Waals surface area contributed by atoms with E-state index in [4.69, 9.17) is 4.74 Å². The fourth-order valence-corrected chi connectivity index (χ4v) is 1.92. The maximum absolute atomic E-state index is 12.9. The first-order chi connectivity index (χ1) is 9.97. The zero-order chi connectivity index (χ0) is 15.0. The monoisotopic (exact) mass is 294 g/mol. The first-order valence-electron chi connectivity index (χ1n) is 5.90. The summed E-state index contributed by atoms with van der Waals surface area (Å²) in [6.45, 7) is 0. The van der Waals surface area contributed by atoms with Gasteiger partial charge in [0.25, 0.3) is 0 Å². The van der Waals surface area contributed by atoms with E-state index >= 15 is 0 Å². The number of ether oxygens (including phenoxy) is 1. The van der Waals surface area contributed by atoms with Crippen molar-refractivity contribution in [3.8, 4) is 17.1 Å². The number of imidazole rings is 1. The molecule has 1 aromatic carbocycles. The highest BCUT2D eigenvalue weighted by atomic mass is 19.4. The van der Waals surface area contributed by atoms with Crippen LogP contribution in [-0.2, 0) is 6.18 Å². The van der Waals surface area contributed by atoms with Gasteiger partial charge in [0, 0.05) is 5.56 Å². The minimum absolute atomic E-state index is 0.103. The molecule has 0 bridgehead atoms. The Morgan fingerprint density at radius 2 is 2.00 bits per heavy atom. The van der Waals surface area contributed by atoms with Gasteiger partial charge < -0.3 is 9.72 Å². The lowest BCUT2D eigenvalue weighted by molar-refractivity contribution is -0.137. The van der Waals surface area contributed by atoms with Gasteiger partial charge in [0.2, 0.25) is 0 Å². The summed E-state index contributed by atoms with van der Waals surface area (Å²) >= 11 is 0. The van der Waals surface area contributed by atoms with Crippen LogP contribution in [0.25, 0.3) is 22.6 Å². The Morgan fingerprint density at radius 1 is 1.19 bits per heavy atom. The van der Waals surface area contributed by atoms with Crippen molar-refractivity contribution in [2.45, 2.75) is 6.18 Å². The summed E-state index contributed by atoms with van der Waals surface area (Å²) in [6.07, 6.45) is -1.64. The van der Waals surface area contributed by atoms with Gasteiger partial charge in [0.15, 0.2) is 5.65 Å². The predicted molar refractivity (Wildman–Crippen MR) is 68.7 cm³/mol. The number of fused-ring (bicyclic) bond motifs is 1. The molecule has 0 fully saturated rings. The summed E-state index contributed by atoms with van der Waals surface area (Å²) in [4.78, 5) is 14.8. The number of nitrogens with zero attached hydrogens (tertiary/aromatic N) is 3. The molecule has 2 heterocycles. The Labute approximate surface area is 116 Å². The van der Waals surface area contributed by atoms with Gasteiger partial charge >= 0.3 is 6.18 Å². The van der Waals surface area contributed by atoms with Gasteiger partial charge in [-0.25, -0.2) is 15.0 Å². The number of nitrogens with one attached hydrogen (secondary N) is 1. The van der Waals surface area contributed by atoms with Gasteiger partial charge in [-0.15, -0.1) is 0 Å². The molecule has 0 radical (unpaired) electrons. The number of benzene rings is 1. The van der Waals surface area contributed by atoms with Crippen molar-refractivity contribution in [1.82, 2.24) is 19.9 Å². The lowest BCUT2D eigenvalue weighted by Crippen LogP contribution is -2.05. The third-order valence-electron chi connectivity index (χ3n) is 2.90. The van der Waals surface area contributed by atoms with Gasteiger partial charge in [0.1, 0.15) is 23.4 Å². The smallest absolute Gasteiger partial charge is 0.416 e. The molecule has 0 aliphatic heterocycles. The van der Waals surface area contributed by atoms with Crippen molar-refractivity contribution in [2.75, 3.05) is 7.11 Å². The van der Waals surface area contributed by atoms with Crippen LogP contribution in [0.5, 0.6) is 5.75 Å². The topological polar surface area (TPSA) is 63.7 Å². The molecule has 0 aliphatic rings. The van der Waals surface area contributed by atoms with Crippen molar-refractivity contribution in [1.29, 1.82) is 0 Å². The lowest BCUT2D eigenvalue weighted by atomic mass is 10.1. The second-order valence-corrected chi connectivity index (χ2v) is 4.29. The molecule has 108 valence electrons. The fourth-order valence-electron chi connectivity index (χ4n) is 1.92. The van der Waals surface area contributed by atoms with E-state index in [1.54, 1.807) is 0 Å². The average Bonchev–Trinajstić information content (AvgIpc) is 2.89. The molecule has 2 aromatic heterocycles. The maximum atomic E-state index is 12.9. The minimum Gasteiger partial charge on any atom is -0.497 e. The summed E-state index contributed by atoms with van der Waals surface area (Å²) in [7, 11) is 1.31. The molecule has 0 unspecified atom stereocenters. The highest BCUT2D eigenvalue weighted by molar-refractivity contribution is 5.75. The van der Waals surface area contributed by atoms with Gasteiger partial charge in [-0.3, -0.25) is 0 Å². The van der Waals surface area contributed by atoms with E-state index in [1.165, 1.54) is 25.7 Å². The summed E-state index contributed by atoms with van der Waals surface area (Å²) < 4.78 is 43.6. The van der Waals surface area contributed by atoms with Crippen LogP contribution in [0.4, 0.5) is 13.2 Å². The minimum atomic E-state index is -4.46. The predicted octanol–water partition coefficient (Wildman–Crippen LogP) is 3.05. The van der Waals surface area contributed by atoms with Crippen LogP contribution in [0.3, 0.4) is 0 Å². The third kappa shape index (κ3) is 2.51. The zero-order valence-corrected chi connectivity index (χ0v) is 10.8. The molecular weight excluding hydrogens is 285 g/mol. The molecule has 5 nitrogen and oxygen atoms in total. The SMILES string of the molecule is COc1cc(-c2nc3ncncc3[nH]2)cc(C(F)(F)F)c1. The maximum Gasteiger partial charge on any atom is 0.416 e. The Bertz CT molecular complexity index is 764. The van der Waals surface area contributed by atoms with Crippen LogP contribution in [0.2, 0.25) is 0 Å². The second-order valence-electron chi connectivity index (χ2n) is 4.29. The zero-order valence-electron chi connectivity index (χ0n) is 10.8. The Kier molecular flexibility index (Phi) is 3.00. The molecule has 3 rings (SSSR count). The number of aromatic amines is 1. The van der Waals surface area contributed by atoms with E-state index in [2.05, 4.69) is 19.9 Å². The summed E-state index contributed by atoms with van der Waals surface area (Å²) in [6, 6.07) is 3.42. The molecule has 21 heavy (non-hydrogen) atoms. The van der Waals surface area contributed by atoms with Crippen LogP contribution < -0.4 is 4.74 Å². The third-order valence-corrected chi connectivity index (χ3v) is 2.90. The largest absolute Gasteiger partial charge is 0.497 e. The number of halogens is 3. The average molecular weight is 294 g/mol. The first-order valence-corrected chi connectivity index (χ1v) is 5.90. The number of hydrogen-bond acceptors (Lipinski definition) is 4. The Morgan fingerprint density at radius 3 is 2.67 bits per heavy atom. The molecular formula is C13H9F3N4O. The van der Waals surface area contributed by atoms with Crippen LogP contribution in [0.1, 0.15) is 5.56 Å². The Balaban J connectivity index is 2.16. The van der Waals surface area contributed by atoms with E-state index in [0.717, 1.165) is 12.1 Å². The van der Waals surface area contributed by atoms with Crippen molar-refractivity contribution in [3.05, 3.63) is 36.3 Å². The standard InChI is InChI=1S/C13H9F3N4O/c1-21-9-3-7(2-8(4-9)13(14,15)16)11-19-10-5-17-6-18-12(10)20-11/h2-6H,1H3,(H,17,18,19,20). The van der Waals surface area contributed by atoms with E-state index in [0.29, 0.717) is 11.2 Å². The van der Waals surface area contributed by atoms with Gasteiger partial charge in [-0.2, -0.15) is 13.2 Å². The highest BCUT2D eigenvalue weighted by Crippen LogP contribution is 2.35. The Hall–Kier alpha value is -2.64. The molecule has 0 saturated heterocycles. The van der Waals surface area contributed by atoms with Crippen molar-refractivity contribution < 1.29 is 17.9 Å². The summed E-state index contributed by atoms with van der Waals surface area (Å²) in [5, 5.41) is 0. The molecule has 0 amide bonds. The number of rotatable bonds is 2. The molecule has 3 aromatic rings. The van der Waals surface area contributed by atoms with Crippen LogP contribution in [0.15, 0.2) is 30.7 Å². The second kappa shape index (κ2) is 4.72. The van der Waals surface area contributed by atoms with Gasteiger partial charge in [0.05, 0.1) is 18.9 Å². The summed E-state index contributed by atoms with van der Waals surface area (Å²) in [5.41, 5.74) is 0.392. The number of H-pyrrole nitrogens is 1. The number of methoxy groups -OCH3 is 1. The van der Waals surface area contributed by atoms with E-state index < -0.39 is 11.7 Å². The van der Waals surface area contributed by atoms with E-state index in [-0.39, 0.29) is 17.1 Å². The molecule has 0 aliphatic carbocycles. The normalized spacial score (nSPS) is 11.8. The van der Waals surface area contributed by atoms with E-state index in [1.807, 2.05) is 0 Å². The number of aromatic nitrogens is 4. The van der Waals surface area contributed by atoms with Crippen molar-refractivity contribution in [2.24, 2.45) is 0 Å². The van der Waals surface area contributed by atoms with E-state index in [9.17, 15) is 13.2 Å².